The summed E-state index contributed by atoms with van der Waals surface area (Å²) in [4.78, 5) is 8.13. The van der Waals surface area contributed by atoms with E-state index in [4.69, 9.17) is 0 Å². The Morgan fingerprint density at radius 2 is 1.46 bits per heavy atom. The molecule has 1 aromatic heterocycles. The van der Waals surface area contributed by atoms with Crippen LogP contribution in [0.2, 0.25) is 0 Å². The Balaban J connectivity index is 1.72. The zero-order valence-corrected chi connectivity index (χ0v) is 15.5. The summed E-state index contributed by atoms with van der Waals surface area (Å²) in [6.45, 7) is 0. The summed E-state index contributed by atoms with van der Waals surface area (Å²) in [6, 6.07) is 23.8. The van der Waals surface area contributed by atoms with Crippen molar-refractivity contribution in [3.8, 4) is 11.3 Å². The summed E-state index contributed by atoms with van der Waals surface area (Å²) >= 11 is 1.19. The quantitative estimate of drug-likeness (QED) is 0.287. The van der Waals surface area contributed by atoms with E-state index in [0.29, 0.717) is 11.3 Å². The molecule has 0 aliphatic rings. The van der Waals surface area contributed by atoms with Crippen molar-refractivity contribution in [3.05, 3.63) is 90.1 Å². The fourth-order valence-electron chi connectivity index (χ4n) is 2.85. The summed E-state index contributed by atoms with van der Waals surface area (Å²) in [7, 11) is 0. The molecule has 0 radical (unpaired) electrons. The highest BCUT2D eigenvalue weighted by molar-refractivity contribution is 7.98. The molecule has 0 saturated heterocycles. The average Bonchev–Trinajstić information content (AvgIpc) is 2.72. The Morgan fingerprint density at radius 3 is 2.21 bits per heavy atom. The van der Waals surface area contributed by atoms with Crippen LogP contribution in [-0.2, 0) is 11.9 Å². The molecule has 6 heteroatoms. The van der Waals surface area contributed by atoms with Crippen LogP contribution in [0.25, 0.3) is 22.0 Å². The number of rotatable bonds is 4. The fourth-order valence-corrected chi connectivity index (χ4v) is 3.67. The lowest BCUT2D eigenvalue weighted by atomic mass is 10.0. The highest BCUT2D eigenvalue weighted by Crippen LogP contribution is 2.33. The van der Waals surface area contributed by atoms with E-state index in [1.807, 2.05) is 66.7 Å². The standard InChI is InChI=1S/C22H15F3N2S/c23-22(24,25)20-13-19(18-11-10-16-8-4-5-9-17(16)12-18)26-21(27-20)28-14-15-6-2-1-3-7-15/h1-13H,14H2. The van der Waals surface area contributed by atoms with Gasteiger partial charge in [0, 0.05) is 11.3 Å². The second-order valence-corrected chi connectivity index (χ2v) is 7.20. The zero-order valence-electron chi connectivity index (χ0n) is 14.6. The Labute approximate surface area is 164 Å². The third-order valence-electron chi connectivity index (χ3n) is 4.25. The number of nitrogens with zero attached hydrogens (tertiary/aromatic N) is 2. The first-order valence-electron chi connectivity index (χ1n) is 8.61. The van der Waals surface area contributed by atoms with Crippen LogP contribution in [0.15, 0.2) is 84.0 Å². The van der Waals surface area contributed by atoms with Crippen molar-refractivity contribution in [1.29, 1.82) is 0 Å². The largest absolute Gasteiger partial charge is 0.433 e. The van der Waals surface area contributed by atoms with Gasteiger partial charge in [0.15, 0.2) is 5.16 Å². The van der Waals surface area contributed by atoms with Gasteiger partial charge in [-0.3, -0.25) is 0 Å². The molecule has 0 aliphatic carbocycles. The predicted molar refractivity (Wildman–Crippen MR) is 106 cm³/mol. The van der Waals surface area contributed by atoms with Gasteiger partial charge in [0.2, 0.25) is 0 Å². The van der Waals surface area contributed by atoms with Crippen molar-refractivity contribution in [2.24, 2.45) is 0 Å². The Morgan fingerprint density at radius 1 is 0.750 bits per heavy atom. The smallest absolute Gasteiger partial charge is 0.222 e. The molecule has 0 bridgehead atoms. The van der Waals surface area contributed by atoms with E-state index in [9.17, 15) is 13.2 Å². The van der Waals surface area contributed by atoms with E-state index in [2.05, 4.69) is 9.97 Å². The molecule has 0 aliphatic heterocycles. The molecule has 1 heterocycles. The van der Waals surface area contributed by atoms with E-state index >= 15 is 0 Å². The van der Waals surface area contributed by atoms with Gasteiger partial charge in [-0.25, -0.2) is 9.97 Å². The molecule has 0 atom stereocenters. The van der Waals surface area contributed by atoms with Crippen molar-refractivity contribution in [1.82, 2.24) is 9.97 Å². The maximum atomic E-state index is 13.4. The van der Waals surface area contributed by atoms with Gasteiger partial charge >= 0.3 is 6.18 Å². The molecule has 0 fully saturated rings. The normalized spacial score (nSPS) is 11.7. The SMILES string of the molecule is FC(F)(F)c1cc(-c2ccc3ccccc3c2)nc(SCc2ccccc2)n1. The Kier molecular flexibility index (Phi) is 5.05. The number of thioether (sulfide) groups is 1. The van der Waals surface area contributed by atoms with Crippen LogP contribution in [0, 0.1) is 0 Å². The van der Waals surface area contributed by atoms with Gasteiger partial charge in [-0.15, -0.1) is 0 Å². The first kappa shape index (κ1) is 18.5. The lowest BCUT2D eigenvalue weighted by Crippen LogP contribution is -2.10. The molecule has 28 heavy (non-hydrogen) atoms. The van der Waals surface area contributed by atoms with Gasteiger partial charge in [0.05, 0.1) is 5.69 Å². The average molecular weight is 396 g/mol. The lowest BCUT2D eigenvalue weighted by Gasteiger charge is -2.11. The minimum atomic E-state index is -4.53. The number of halogens is 3. The fraction of sp³-hybridized carbons (Fsp3) is 0.0909. The number of alkyl halides is 3. The van der Waals surface area contributed by atoms with Gasteiger partial charge in [-0.2, -0.15) is 13.2 Å². The molecule has 2 nitrogen and oxygen atoms in total. The second-order valence-electron chi connectivity index (χ2n) is 6.25. The highest BCUT2D eigenvalue weighted by Gasteiger charge is 2.33. The van der Waals surface area contributed by atoms with Gasteiger partial charge in [0.1, 0.15) is 5.69 Å². The molecule has 4 aromatic rings. The monoisotopic (exact) mass is 396 g/mol. The number of benzene rings is 3. The predicted octanol–water partition coefficient (Wildman–Crippen LogP) is 6.61. The number of fused-ring (bicyclic) bond motifs is 1. The molecule has 0 unspecified atom stereocenters. The Hall–Kier alpha value is -2.86. The van der Waals surface area contributed by atoms with E-state index in [1.165, 1.54) is 11.8 Å². The lowest BCUT2D eigenvalue weighted by molar-refractivity contribution is -0.141. The maximum Gasteiger partial charge on any atom is 0.433 e. The third kappa shape index (κ3) is 4.17. The van der Waals surface area contributed by atoms with Gasteiger partial charge in [0.25, 0.3) is 0 Å². The van der Waals surface area contributed by atoms with Crippen LogP contribution < -0.4 is 0 Å². The van der Waals surface area contributed by atoms with Crippen LogP contribution in [0.1, 0.15) is 11.3 Å². The topological polar surface area (TPSA) is 25.8 Å². The molecule has 0 N–H and O–H groups in total. The summed E-state index contributed by atoms with van der Waals surface area (Å²) in [5.41, 5.74) is 0.971. The third-order valence-corrected chi connectivity index (χ3v) is 5.17. The minimum absolute atomic E-state index is 0.113. The summed E-state index contributed by atoms with van der Waals surface area (Å²) in [6.07, 6.45) is -4.53. The van der Waals surface area contributed by atoms with Gasteiger partial charge < -0.3 is 0 Å². The number of hydrogen-bond acceptors (Lipinski definition) is 3. The first-order chi connectivity index (χ1) is 13.5. The van der Waals surface area contributed by atoms with Crippen LogP contribution in [0.3, 0.4) is 0 Å². The minimum Gasteiger partial charge on any atom is -0.222 e. The van der Waals surface area contributed by atoms with Crippen molar-refractivity contribution in [3.63, 3.8) is 0 Å². The van der Waals surface area contributed by atoms with Gasteiger partial charge in [-0.05, 0) is 28.5 Å². The molecule has 0 spiro atoms. The van der Waals surface area contributed by atoms with Crippen LogP contribution in [0.4, 0.5) is 13.2 Å². The number of aromatic nitrogens is 2. The maximum absolute atomic E-state index is 13.4. The number of hydrogen-bond donors (Lipinski definition) is 0. The molecule has 140 valence electrons. The van der Waals surface area contributed by atoms with Crippen LogP contribution in [-0.4, -0.2) is 9.97 Å². The molecular weight excluding hydrogens is 381 g/mol. The molecule has 0 amide bonds. The zero-order chi connectivity index (χ0) is 19.6. The van der Waals surface area contributed by atoms with Crippen molar-refractivity contribution >= 4 is 22.5 Å². The first-order valence-corrected chi connectivity index (χ1v) is 9.60. The highest BCUT2D eigenvalue weighted by atomic mass is 32.2. The van der Waals surface area contributed by atoms with E-state index in [1.54, 1.807) is 6.07 Å². The van der Waals surface area contributed by atoms with E-state index in [0.717, 1.165) is 22.4 Å². The van der Waals surface area contributed by atoms with Crippen molar-refractivity contribution in [2.75, 3.05) is 0 Å². The van der Waals surface area contributed by atoms with Crippen LogP contribution >= 0.6 is 11.8 Å². The van der Waals surface area contributed by atoms with Gasteiger partial charge in [-0.1, -0.05) is 78.5 Å². The molecule has 3 aromatic carbocycles. The molecule has 4 rings (SSSR count). The summed E-state index contributed by atoms with van der Waals surface area (Å²) < 4.78 is 40.1. The summed E-state index contributed by atoms with van der Waals surface area (Å²) in [5, 5.41) is 2.09. The van der Waals surface area contributed by atoms with E-state index in [-0.39, 0.29) is 10.9 Å². The van der Waals surface area contributed by atoms with Crippen LogP contribution in [0.5, 0.6) is 0 Å². The van der Waals surface area contributed by atoms with E-state index < -0.39 is 11.9 Å². The Bertz CT molecular complexity index is 1110. The summed E-state index contributed by atoms with van der Waals surface area (Å²) in [5.74, 6) is 0.499. The second kappa shape index (κ2) is 7.64. The van der Waals surface area contributed by atoms with Crippen molar-refractivity contribution in [2.45, 2.75) is 17.1 Å². The van der Waals surface area contributed by atoms with Crippen molar-refractivity contribution < 1.29 is 13.2 Å². The molecular formula is C22H15F3N2S. The molecule has 0 saturated carbocycles.